The average molecular weight is 339 g/mol. The lowest BCUT2D eigenvalue weighted by Crippen LogP contribution is -2.40. The summed E-state index contributed by atoms with van der Waals surface area (Å²) in [5.74, 6) is 1.35. The minimum atomic E-state index is 0.0120. The number of aryl methyl sites for hydroxylation is 1. The van der Waals surface area contributed by atoms with Crippen LogP contribution in [0, 0.1) is 12.8 Å². The standard InChI is InChI=1S/C20H25N3O2/c1-14-6-8-15(9-7-14)18-12-23-11-17(25-13-19(23)22-18)10-21-20(24)16-4-2-3-5-16/h6-9,12,16-17H,2-5,10-11,13H2,1H3,(H,21,24)/t17-/m0/s1. The van der Waals surface area contributed by atoms with Crippen molar-refractivity contribution in [1.82, 2.24) is 14.9 Å². The summed E-state index contributed by atoms with van der Waals surface area (Å²) in [6.07, 6.45) is 6.52. The Morgan fingerprint density at radius 3 is 2.80 bits per heavy atom. The molecule has 1 aromatic carbocycles. The van der Waals surface area contributed by atoms with Crippen LogP contribution in [-0.4, -0.2) is 28.1 Å². The molecule has 2 aromatic rings. The molecule has 5 nitrogen and oxygen atoms in total. The number of carbonyl (C=O) groups excluding carboxylic acids is 1. The third-order valence-corrected chi connectivity index (χ3v) is 5.28. The molecule has 1 amide bonds. The van der Waals surface area contributed by atoms with Crippen molar-refractivity contribution in [2.24, 2.45) is 5.92 Å². The zero-order valence-electron chi connectivity index (χ0n) is 14.7. The number of benzene rings is 1. The Morgan fingerprint density at radius 2 is 2.04 bits per heavy atom. The molecule has 4 rings (SSSR count). The van der Waals surface area contributed by atoms with Gasteiger partial charge in [-0.2, -0.15) is 0 Å². The lowest BCUT2D eigenvalue weighted by Gasteiger charge is -2.25. The minimum Gasteiger partial charge on any atom is -0.367 e. The van der Waals surface area contributed by atoms with Crippen LogP contribution in [0.5, 0.6) is 0 Å². The number of fused-ring (bicyclic) bond motifs is 1. The molecule has 0 bridgehead atoms. The highest BCUT2D eigenvalue weighted by atomic mass is 16.5. The van der Waals surface area contributed by atoms with E-state index in [2.05, 4.69) is 47.3 Å². The highest BCUT2D eigenvalue weighted by Crippen LogP contribution is 2.25. The highest BCUT2D eigenvalue weighted by molar-refractivity contribution is 5.78. The summed E-state index contributed by atoms with van der Waals surface area (Å²) in [5, 5.41) is 3.07. The van der Waals surface area contributed by atoms with Crippen LogP contribution in [0.2, 0.25) is 0 Å². The van der Waals surface area contributed by atoms with Gasteiger partial charge < -0.3 is 14.6 Å². The molecule has 25 heavy (non-hydrogen) atoms. The maximum absolute atomic E-state index is 12.2. The van der Waals surface area contributed by atoms with Crippen LogP contribution in [0.3, 0.4) is 0 Å². The number of rotatable bonds is 4. The van der Waals surface area contributed by atoms with Crippen molar-refractivity contribution in [3.63, 3.8) is 0 Å². The van der Waals surface area contributed by atoms with Gasteiger partial charge >= 0.3 is 0 Å². The molecule has 0 saturated heterocycles. The molecule has 1 aromatic heterocycles. The molecule has 2 aliphatic rings. The van der Waals surface area contributed by atoms with Gasteiger partial charge in [0.15, 0.2) is 0 Å². The maximum Gasteiger partial charge on any atom is 0.223 e. The molecule has 1 N–H and O–H groups in total. The van der Waals surface area contributed by atoms with Crippen molar-refractivity contribution in [2.45, 2.75) is 51.9 Å². The van der Waals surface area contributed by atoms with E-state index < -0.39 is 0 Å². The number of imidazole rings is 1. The van der Waals surface area contributed by atoms with Crippen molar-refractivity contribution in [1.29, 1.82) is 0 Å². The maximum atomic E-state index is 12.2. The van der Waals surface area contributed by atoms with E-state index >= 15 is 0 Å². The van der Waals surface area contributed by atoms with Gasteiger partial charge in [0.25, 0.3) is 0 Å². The van der Waals surface area contributed by atoms with Crippen molar-refractivity contribution in [2.75, 3.05) is 6.54 Å². The van der Waals surface area contributed by atoms with E-state index in [0.29, 0.717) is 13.2 Å². The fourth-order valence-corrected chi connectivity index (χ4v) is 3.73. The number of amides is 1. The van der Waals surface area contributed by atoms with Crippen LogP contribution in [-0.2, 0) is 22.7 Å². The van der Waals surface area contributed by atoms with E-state index in [1.54, 1.807) is 0 Å². The summed E-state index contributed by atoms with van der Waals surface area (Å²) in [5.41, 5.74) is 3.35. The Kier molecular flexibility index (Phi) is 4.57. The molecule has 132 valence electrons. The second-order valence-corrected chi connectivity index (χ2v) is 7.22. The van der Waals surface area contributed by atoms with Crippen LogP contribution in [0.25, 0.3) is 11.3 Å². The van der Waals surface area contributed by atoms with Crippen molar-refractivity contribution in [3.8, 4) is 11.3 Å². The summed E-state index contributed by atoms with van der Waals surface area (Å²) < 4.78 is 8.05. The molecule has 1 aliphatic carbocycles. The van der Waals surface area contributed by atoms with Crippen LogP contribution in [0.4, 0.5) is 0 Å². The van der Waals surface area contributed by atoms with E-state index in [9.17, 15) is 4.79 Å². The van der Waals surface area contributed by atoms with Crippen molar-refractivity contribution >= 4 is 5.91 Å². The van der Waals surface area contributed by atoms with Gasteiger partial charge in [-0.05, 0) is 19.8 Å². The molecule has 2 heterocycles. The fourth-order valence-electron chi connectivity index (χ4n) is 3.73. The molecular weight excluding hydrogens is 314 g/mol. The Labute approximate surface area is 148 Å². The molecule has 0 spiro atoms. The highest BCUT2D eigenvalue weighted by Gasteiger charge is 2.25. The monoisotopic (exact) mass is 339 g/mol. The van der Waals surface area contributed by atoms with E-state index in [1.165, 1.54) is 18.4 Å². The number of nitrogens with one attached hydrogen (secondary N) is 1. The summed E-state index contributed by atoms with van der Waals surface area (Å²) in [6, 6.07) is 8.41. The smallest absolute Gasteiger partial charge is 0.223 e. The predicted octanol–water partition coefficient (Wildman–Crippen LogP) is 3.06. The number of aromatic nitrogens is 2. The van der Waals surface area contributed by atoms with Gasteiger partial charge in [-0.25, -0.2) is 4.98 Å². The molecule has 1 aliphatic heterocycles. The number of nitrogens with zero attached hydrogens (tertiary/aromatic N) is 2. The first kappa shape index (κ1) is 16.3. The SMILES string of the molecule is Cc1ccc(-c2cn3c(n2)CO[C@@H](CNC(=O)C2CCCC2)C3)cc1. The Hall–Kier alpha value is -2.14. The van der Waals surface area contributed by atoms with Gasteiger partial charge in [0.1, 0.15) is 12.4 Å². The molecule has 1 atom stereocenters. The van der Waals surface area contributed by atoms with Gasteiger partial charge in [-0.15, -0.1) is 0 Å². The number of hydrogen-bond acceptors (Lipinski definition) is 3. The van der Waals surface area contributed by atoms with Gasteiger partial charge in [0, 0.05) is 24.2 Å². The first-order valence-corrected chi connectivity index (χ1v) is 9.21. The quantitative estimate of drug-likeness (QED) is 0.931. The Bertz CT molecular complexity index is 745. The molecule has 1 saturated carbocycles. The summed E-state index contributed by atoms with van der Waals surface area (Å²) in [6.45, 7) is 3.89. The van der Waals surface area contributed by atoms with Crippen molar-refractivity contribution in [3.05, 3.63) is 41.9 Å². The second kappa shape index (κ2) is 7.00. The van der Waals surface area contributed by atoms with Crippen LogP contribution in [0.1, 0.15) is 37.1 Å². The lowest BCUT2D eigenvalue weighted by atomic mass is 10.1. The third-order valence-electron chi connectivity index (χ3n) is 5.28. The number of ether oxygens (including phenoxy) is 1. The fraction of sp³-hybridized carbons (Fsp3) is 0.500. The van der Waals surface area contributed by atoms with Crippen LogP contribution < -0.4 is 5.32 Å². The zero-order valence-corrected chi connectivity index (χ0v) is 14.7. The molecule has 0 radical (unpaired) electrons. The summed E-state index contributed by atoms with van der Waals surface area (Å²) in [4.78, 5) is 16.9. The number of carbonyl (C=O) groups is 1. The third kappa shape index (κ3) is 3.61. The topological polar surface area (TPSA) is 56.1 Å². The molecule has 1 fully saturated rings. The summed E-state index contributed by atoms with van der Waals surface area (Å²) in [7, 11) is 0. The van der Waals surface area contributed by atoms with E-state index in [-0.39, 0.29) is 17.9 Å². The van der Waals surface area contributed by atoms with E-state index in [0.717, 1.165) is 36.5 Å². The second-order valence-electron chi connectivity index (χ2n) is 7.22. The Balaban J connectivity index is 1.38. The first-order chi connectivity index (χ1) is 12.2. The van der Waals surface area contributed by atoms with Gasteiger partial charge in [-0.1, -0.05) is 42.7 Å². The van der Waals surface area contributed by atoms with Crippen LogP contribution >= 0.6 is 0 Å². The normalized spacial score (nSPS) is 20.4. The Morgan fingerprint density at radius 1 is 1.28 bits per heavy atom. The van der Waals surface area contributed by atoms with Gasteiger partial charge in [-0.3, -0.25) is 4.79 Å². The molecule has 0 unspecified atom stereocenters. The lowest BCUT2D eigenvalue weighted by molar-refractivity contribution is -0.125. The summed E-state index contributed by atoms with van der Waals surface area (Å²) >= 11 is 0. The van der Waals surface area contributed by atoms with E-state index in [4.69, 9.17) is 9.72 Å². The van der Waals surface area contributed by atoms with E-state index in [1.807, 2.05) is 0 Å². The zero-order chi connectivity index (χ0) is 17.2. The predicted molar refractivity (Wildman–Crippen MR) is 95.9 cm³/mol. The largest absolute Gasteiger partial charge is 0.367 e. The molecular formula is C20H25N3O2. The number of hydrogen-bond donors (Lipinski definition) is 1. The first-order valence-electron chi connectivity index (χ1n) is 9.21. The minimum absolute atomic E-state index is 0.0120. The van der Waals surface area contributed by atoms with Crippen molar-refractivity contribution < 1.29 is 9.53 Å². The molecule has 5 heteroatoms. The van der Waals surface area contributed by atoms with Gasteiger partial charge in [0.05, 0.1) is 18.3 Å². The average Bonchev–Trinajstić information content (AvgIpc) is 3.29. The van der Waals surface area contributed by atoms with Crippen LogP contribution in [0.15, 0.2) is 30.5 Å². The van der Waals surface area contributed by atoms with Gasteiger partial charge in [0.2, 0.25) is 5.91 Å².